The number of hydrogen-bond acceptors (Lipinski definition) is 4. The van der Waals surface area contributed by atoms with Crippen LogP contribution in [0.25, 0.3) is 0 Å². The van der Waals surface area contributed by atoms with Gasteiger partial charge in [-0.15, -0.1) is 0 Å². The molecule has 5 rings (SSSR count). The Balaban J connectivity index is 1.49. The zero-order chi connectivity index (χ0) is 20.4. The summed E-state index contributed by atoms with van der Waals surface area (Å²) in [6.07, 6.45) is 1.96. The van der Waals surface area contributed by atoms with Crippen molar-refractivity contribution < 1.29 is 14.2 Å². The van der Waals surface area contributed by atoms with Crippen LogP contribution < -0.4 is 14.8 Å². The molecule has 154 valence electrons. The van der Waals surface area contributed by atoms with E-state index >= 15 is 0 Å². The second-order valence-electron chi connectivity index (χ2n) is 8.00. The molecule has 0 spiro atoms. The second kappa shape index (κ2) is 8.13. The highest BCUT2D eigenvalue weighted by Gasteiger charge is 2.38. The number of rotatable bonds is 5. The van der Waals surface area contributed by atoms with Crippen molar-refractivity contribution in [2.75, 3.05) is 26.8 Å². The molecule has 1 fully saturated rings. The van der Waals surface area contributed by atoms with Crippen LogP contribution in [0.1, 0.15) is 22.3 Å². The maximum absolute atomic E-state index is 6.49. The van der Waals surface area contributed by atoms with E-state index in [1.807, 2.05) is 12.1 Å². The Labute approximate surface area is 177 Å². The first-order chi connectivity index (χ1) is 14.8. The van der Waals surface area contributed by atoms with Crippen molar-refractivity contribution in [2.24, 2.45) is 0 Å². The number of benzene rings is 3. The molecular formula is C26H27NO3. The van der Waals surface area contributed by atoms with Gasteiger partial charge in [0.15, 0.2) is 11.5 Å². The highest BCUT2D eigenvalue weighted by atomic mass is 16.5. The average molecular weight is 402 g/mol. The van der Waals surface area contributed by atoms with Crippen LogP contribution in [0.15, 0.2) is 72.8 Å². The SMILES string of the molecule is COc1ccc(C2(c3ccccc3)CNCCO2)cc1OC1Cc2ccccc2C1. The Morgan fingerprint density at radius 1 is 0.867 bits per heavy atom. The van der Waals surface area contributed by atoms with Crippen LogP contribution in [0.5, 0.6) is 11.5 Å². The van der Waals surface area contributed by atoms with Gasteiger partial charge in [0.1, 0.15) is 11.7 Å². The summed E-state index contributed by atoms with van der Waals surface area (Å²) in [5.41, 5.74) is 4.42. The Morgan fingerprint density at radius 2 is 1.60 bits per heavy atom. The Morgan fingerprint density at radius 3 is 2.27 bits per heavy atom. The van der Waals surface area contributed by atoms with Crippen LogP contribution in [0.2, 0.25) is 0 Å². The lowest BCUT2D eigenvalue weighted by Crippen LogP contribution is -2.48. The van der Waals surface area contributed by atoms with Gasteiger partial charge in [-0.1, -0.05) is 60.7 Å². The normalized spacial score (nSPS) is 21.2. The molecule has 1 saturated heterocycles. The van der Waals surface area contributed by atoms with Gasteiger partial charge in [0.25, 0.3) is 0 Å². The minimum Gasteiger partial charge on any atom is -0.493 e. The molecule has 0 amide bonds. The van der Waals surface area contributed by atoms with Crippen LogP contribution in [0, 0.1) is 0 Å². The van der Waals surface area contributed by atoms with Gasteiger partial charge in [0.05, 0.1) is 13.7 Å². The highest BCUT2D eigenvalue weighted by Crippen LogP contribution is 2.40. The van der Waals surface area contributed by atoms with E-state index in [-0.39, 0.29) is 6.10 Å². The number of morpholine rings is 1. The zero-order valence-electron chi connectivity index (χ0n) is 17.3. The standard InChI is InChI=1S/C26H27NO3/c1-28-24-12-11-22(26(18-27-13-14-29-26)21-9-3-2-4-10-21)17-25(24)30-23-15-19-7-5-6-8-20(19)16-23/h2-12,17,23,27H,13-16,18H2,1H3. The van der Waals surface area contributed by atoms with Crippen molar-refractivity contribution in [2.45, 2.75) is 24.5 Å². The van der Waals surface area contributed by atoms with Gasteiger partial charge in [0, 0.05) is 25.9 Å². The Hall–Kier alpha value is -2.82. The van der Waals surface area contributed by atoms with Crippen molar-refractivity contribution >= 4 is 0 Å². The van der Waals surface area contributed by atoms with Crippen molar-refractivity contribution in [3.8, 4) is 11.5 Å². The number of ether oxygens (including phenoxy) is 3. The first-order valence-corrected chi connectivity index (χ1v) is 10.6. The van der Waals surface area contributed by atoms with Gasteiger partial charge in [-0.3, -0.25) is 0 Å². The molecule has 0 aromatic heterocycles. The van der Waals surface area contributed by atoms with Gasteiger partial charge in [-0.05, 0) is 34.4 Å². The maximum atomic E-state index is 6.49. The van der Waals surface area contributed by atoms with Crippen LogP contribution in [0.4, 0.5) is 0 Å². The molecule has 1 aliphatic carbocycles. The van der Waals surface area contributed by atoms with Crippen LogP contribution in [-0.2, 0) is 23.2 Å². The molecule has 30 heavy (non-hydrogen) atoms. The van der Waals surface area contributed by atoms with E-state index in [1.54, 1.807) is 7.11 Å². The molecular weight excluding hydrogens is 374 g/mol. The van der Waals surface area contributed by atoms with Crippen LogP contribution in [0.3, 0.4) is 0 Å². The first kappa shape index (κ1) is 19.2. The number of fused-ring (bicyclic) bond motifs is 1. The minimum atomic E-state index is -0.539. The summed E-state index contributed by atoms with van der Waals surface area (Å²) in [6, 6.07) is 25.2. The Kier molecular flexibility index (Phi) is 5.19. The fraction of sp³-hybridized carbons (Fsp3) is 0.308. The summed E-state index contributed by atoms with van der Waals surface area (Å²) in [5.74, 6) is 1.53. The van der Waals surface area contributed by atoms with Gasteiger partial charge >= 0.3 is 0 Å². The van der Waals surface area contributed by atoms with E-state index in [1.165, 1.54) is 11.1 Å². The predicted octanol–water partition coefficient (Wildman–Crippen LogP) is 4.10. The molecule has 1 N–H and O–H groups in total. The molecule has 0 saturated carbocycles. The molecule has 3 aromatic rings. The number of nitrogens with one attached hydrogen (secondary N) is 1. The molecule has 4 heteroatoms. The number of hydrogen-bond donors (Lipinski definition) is 1. The van der Waals surface area contributed by atoms with Crippen LogP contribution >= 0.6 is 0 Å². The third-order valence-electron chi connectivity index (χ3n) is 6.18. The third kappa shape index (κ3) is 3.47. The lowest BCUT2D eigenvalue weighted by Gasteiger charge is -2.39. The third-order valence-corrected chi connectivity index (χ3v) is 6.18. The maximum Gasteiger partial charge on any atom is 0.161 e. The van der Waals surface area contributed by atoms with E-state index in [0.717, 1.165) is 48.6 Å². The van der Waals surface area contributed by atoms with Crippen molar-refractivity contribution in [3.63, 3.8) is 0 Å². The van der Waals surface area contributed by atoms with Crippen molar-refractivity contribution in [1.29, 1.82) is 0 Å². The molecule has 0 bridgehead atoms. The van der Waals surface area contributed by atoms with E-state index in [4.69, 9.17) is 14.2 Å². The molecule has 1 aliphatic heterocycles. The van der Waals surface area contributed by atoms with Crippen LogP contribution in [-0.4, -0.2) is 32.9 Å². The summed E-state index contributed by atoms with van der Waals surface area (Å²) >= 11 is 0. The summed E-state index contributed by atoms with van der Waals surface area (Å²) in [6.45, 7) is 2.24. The highest BCUT2D eigenvalue weighted by molar-refractivity contribution is 5.48. The monoisotopic (exact) mass is 401 g/mol. The molecule has 1 atom stereocenters. The average Bonchev–Trinajstić information content (AvgIpc) is 3.22. The van der Waals surface area contributed by atoms with E-state index < -0.39 is 5.60 Å². The van der Waals surface area contributed by atoms with E-state index in [2.05, 4.69) is 66.0 Å². The topological polar surface area (TPSA) is 39.7 Å². The fourth-order valence-corrected chi connectivity index (χ4v) is 4.66. The smallest absolute Gasteiger partial charge is 0.161 e. The quantitative estimate of drug-likeness (QED) is 0.699. The Bertz CT molecular complexity index is 987. The van der Waals surface area contributed by atoms with Gasteiger partial charge in [-0.25, -0.2) is 0 Å². The molecule has 0 radical (unpaired) electrons. The predicted molar refractivity (Wildman–Crippen MR) is 117 cm³/mol. The lowest BCUT2D eigenvalue weighted by atomic mass is 9.85. The summed E-state index contributed by atoms with van der Waals surface area (Å²) < 4.78 is 18.6. The largest absolute Gasteiger partial charge is 0.493 e. The van der Waals surface area contributed by atoms with Gasteiger partial charge in [-0.2, -0.15) is 0 Å². The molecule has 2 aliphatic rings. The lowest BCUT2D eigenvalue weighted by molar-refractivity contribution is -0.0405. The summed E-state index contributed by atoms with van der Waals surface area (Å²) in [7, 11) is 1.69. The van der Waals surface area contributed by atoms with Gasteiger partial charge < -0.3 is 19.5 Å². The molecule has 1 unspecified atom stereocenters. The summed E-state index contributed by atoms with van der Waals surface area (Å²) in [5, 5.41) is 3.51. The minimum absolute atomic E-state index is 0.115. The zero-order valence-corrected chi connectivity index (χ0v) is 17.3. The van der Waals surface area contributed by atoms with Crippen molar-refractivity contribution in [3.05, 3.63) is 95.1 Å². The van der Waals surface area contributed by atoms with E-state index in [9.17, 15) is 0 Å². The number of methoxy groups -OCH3 is 1. The fourth-order valence-electron chi connectivity index (χ4n) is 4.66. The molecule has 1 heterocycles. The van der Waals surface area contributed by atoms with Crippen molar-refractivity contribution in [1.82, 2.24) is 5.32 Å². The molecule has 3 aromatic carbocycles. The first-order valence-electron chi connectivity index (χ1n) is 10.6. The van der Waals surface area contributed by atoms with E-state index in [0.29, 0.717) is 6.61 Å². The molecule has 4 nitrogen and oxygen atoms in total. The van der Waals surface area contributed by atoms with Gasteiger partial charge in [0.2, 0.25) is 0 Å². The summed E-state index contributed by atoms with van der Waals surface area (Å²) in [4.78, 5) is 0. The second-order valence-corrected chi connectivity index (χ2v) is 8.00.